The molecule has 40 heavy (non-hydrogen) atoms. The van der Waals surface area contributed by atoms with Gasteiger partial charge in [0.1, 0.15) is 29.2 Å². The fraction of sp³-hybridized carbons (Fsp3) is 0.467. The lowest BCUT2D eigenvalue weighted by Gasteiger charge is -2.29. The molecule has 3 aliphatic rings. The molecule has 1 saturated carbocycles. The zero-order chi connectivity index (χ0) is 28.9. The Kier molecular flexibility index (Phi) is 7.08. The topological polar surface area (TPSA) is 134 Å². The second kappa shape index (κ2) is 10.2. The van der Waals surface area contributed by atoms with Gasteiger partial charge in [0.2, 0.25) is 0 Å². The number of nitro benzene ring substituents is 1. The van der Waals surface area contributed by atoms with Crippen molar-refractivity contribution < 1.29 is 38.6 Å². The number of benzene rings is 2. The van der Waals surface area contributed by atoms with E-state index in [0.29, 0.717) is 24.3 Å². The normalized spacial score (nSPS) is 23.4. The average molecular weight is 552 g/mol. The van der Waals surface area contributed by atoms with Gasteiger partial charge in [-0.2, -0.15) is 0 Å². The number of aliphatic hydroxyl groups is 1. The monoisotopic (exact) mass is 551 g/mol. The molecule has 2 aliphatic carbocycles. The SMILES string of the molecule is COc1c([C@@H](O)CC(C)C)ccc2c1C(=O)OCc1c(c(OC(=O)C3(C)CC4C=CC3C4)cc(C)c1[N+](=O)[O-])O2. The van der Waals surface area contributed by atoms with Crippen LogP contribution < -0.4 is 14.2 Å². The zero-order valence-corrected chi connectivity index (χ0v) is 23.2. The Bertz CT molecular complexity index is 1430. The van der Waals surface area contributed by atoms with E-state index < -0.39 is 35.0 Å². The van der Waals surface area contributed by atoms with Crippen LogP contribution in [-0.4, -0.2) is 29.1 Å². The first-order chi connectivity index (χ1) is 18.9. The van der Waals surface area contributed by atoms with Crippen LogP contribution in [0.2, 0.25) is 0 Å². The van der Waals surface area contributed by atoms with Crippen LogP contribution >= 0.6 is 0 Å². The minimum atomic E-state index is -0.914. The van der Waals surface area contributed by atoms with Gasteiger partial charge in [-0.1, -0.05) is 26.0 Å². The molecule has 10 nitrogen and oxygen atoms in total. The molecule has 212 valence electrons. The molecular formula is C30H33NO9. The first-order valence-electron chi connectivity index (χ1n) is 13.4. The molecule has 4 atom stereocenters. The largest absolute Gasteiger partial charge is 0.495 e. The number of carbonyl (C=O) groups excluding carboxylic acids is 2. The molecule has 0 aromatic heterocycles. The molecule has 10 heteroatoms. The number of nitro groups is 1. The fourth-order valence-corrected chi connectivity index (χ4v) is 6.18. The fourth-order valence-electron chi connectivity index (χ4n) is 6.18. The summed E-state index contributed by atoms with van der Waals surface area (Å²) >= 11 is 0. The number of carbonyl (C=O) groups is 2. The van der Waals surface area contributed by atoms with E-state index >= 15 is 0 Å². The molecule has 0 saturated heterocycles. The van der Waals surface area contributed by atoms with Crippen molar-refractivity contribution in [1.29, 1.82) is 0 Å². The van der Waals surface area contributed by atoms with E-state index in [2.05, 4.69) is 6.08 Å². The standard InChI is InChI=1S/C30H33NO9/c1-15(2)10-21(32)19-8-9-22-24(27(19)37-5)28(33)38-14-20-25(31(35)36)16(3)11-23(26(20)39-22)40-29(34)30(4)13-17-6-7-18(30)12-17/h6-9,11,15,17-18,21,32H,10,12-14H2,1-5H3/t17?,18?,21-,30?/m0/s1. The van der Waals surface area contributed by atoms with Gasteiger partial charge in [0.15, 0.2) is 11.5 Å². The maximum absolute atomic E-state index is 13.5. The first-order valence-corrected chi connectivity index (χ1v) is 13.4. The van der Waals surface area contributed by atoms with Crippen LogP contribution in [0.3, 0.4) is 0 Å². The number of methoxy groups -OCH3 is 1. The minimum Gasteiger partial charge on any atom is -0.495 e. The third-order valence-corrected chi connectivity index (χ3v) is 8.20. The van der Waals surface area contributed by atoms with Crippen molar-refractivity contribution in [2.24, 2.45) is 23.2 Å². The van der Waals surface area contributed by atoms with E-state index in [0.717, 1.165) is 6.42 Å². The van der Waals surface area contributed by atoms with E-state index in [9.17, 15) is 24.8 Å². The van der Waals surface area contributed by atoms with Crippen molar-refractivity contribution >= 4 is 17.6 Å². The number of cyclic esters (lactones) is 1. The molecule has 0 amide bonds. The van der Waals surface area contributed by atoms with Crippen LogP contribution in [0.5, 0.6) is 23.0 Å². The zero-order valence-electron chi connectivity index (χ0n) is 23.2. The number of aliphatic hydroxyl groups excluding tert-OH is 1. The number of ether oxygens (including phenoxy) is 4. The van der Waals surface area contributed by atoms with Crippen molar-refractivity contribution in [1.82, 2.24) is 0 Å². The minimum absolute atomic E-state index is 0.00265. The molecule has 2 bridgehead atoms. The van der Waals surface area contributed by atoms with Gasteiger partial charge >= 0.3 is 11.9 Å². The number of fused-ring (bicyclic) bond motifs is 4. The van der Waals surface area contributed by atoms with Crippen molar-refractivity contribution in [2.45, 2.75) is 59.7 Å². The molecule has 0 spiro atoms. The molecule has 2 aromatic carbocycles. The quantitative estimate of drug-likeness (QED) is 0.145. The number of esters is 2. The van der Waals surface area contributed by atoms with Gasteiger partial charge in [0, 0.05) is 11.1 Å². The van der Waals surface area contributed by atoms with Crippen molar-refractivity contribution in [3.63, 3.8) is 0 Å². The lowest BCUT2D eigenvalue weighted by Crippen LogP contribution is -2.35. The highest BCUT2D eigenvalue weighted by molar-refractivity contribution is 5.97. The first kappa shape index (κ1) is 27.6. The summed E-state index contributed by atoms with van der Waals surface area (Å²) in [5, 5.41) is 22.9. The lowest BCUT2D eigenvalue weighted by molar-refractivity contribution is -0.386. The van der Waals surface area contributed by atoms with Crippen molar-refractivity contribution in [3.05, 3.63) is 62.7 Å². The Balaban J connectivity index is 1.62. The highest BCUT2D eigenvalue weighted by Gasteiger charge is 2.51. The van der Waals surface area contributed by atoms with E-state index in [1.54, 1.807) is 6.07 Å². The summed E-state index contributed by atoms with van der Waals surface area (Å²) in [7, 11) is 1.37. The molecule has 1 aliphatic heterocycles. The van der Waals surface area contributed by atoms with Gasteiger partial charge in [-0.15, -0.1) is 0 Å². The van der Waals surface area contributed by atoms with Gasteiger partial charge in [-0.05, 0) is 69.1 Å². The maximum Gasteiger partial charge on any atom is 0.346 e. The van der Waals surface area contributed by atoms with Gasteiger partial charge < -0.3 is 24.1 Å². The lowest BCUT2D eigenvalue weighted by atomic mass is 9.78. The highest BCUT2D eigenvalue weighted by Crippen LogP contribution is 2.54. The molecule has 5 rings (SSSR count). The number of nitrogens with zero attached hydrogens (tertiary/aromatic N) is 1. The number of rotatable bonds is 7. The Hall–Kier alpha value is -3.92. The number of aryl methyl sites for hydroxylation is 1. The van der Waals surface area contributed by atoms with E-state index in [4.69, 9.17) is 18.9 Å². The predicted molar refractivity (Wildman–Crippen MR) is 144 cm³/mol. The molecular weight excluding hydrogens is 518 g/mol. The summed E-state index contributed by atoms with van der Waals surface area (Å²) in [5.74, 6) is -0.745. The van der Waals surface area contributed by atoms with E-state index in [-0.39, 0.29) is 57.2 Å². The number of allylic oxidation sites excluding steroid dienone is 2. The second-order valence-electron chi connectivity index (χ2n) is 11.5. The van der Waals surface area contributed by atoms with Crippen LogP contribution in [-0.2, 0) is 16.1 Å². The van der Waals surface area contributed by atoms with Crippen LogP contribution in [0, 0.1) is 40.2 Å². The van der Waals surface area contributed by atoms with Gasteiger partial charge in [-0.3, -0.25) is 14.9 Å². The summed E-state index contributed by atoms with van der Waals surface area (Å²) in [6.07, 6.45) is 5.22. The Morgan fingerprint density at radius 2 is 2.05 bits per heavy atom. The maximum atomic E-state index is 13.5. The number of hydrogen-bond acceptors (Lipinski definition) is 9. The summed E-state index contributed by atoms with van der Waals surface area (Å²) in [6.45, 7) is 6.82. The smallest absolute Gasteiger partial charge is 0.346 e. The summed E-state index contributed by atoms with van der Waals surface area (Å²) in [6, 6.07) is 4.46. The molecule has 1 N–H and O–H groups in total. The molecule has 0 radical (unpaired) electrons. The van der Waals surface area contributed by atoms with Crippen LogP contribution in [0.25, 0.3) is 0 Å². The Morgan fingerprint density at radius 1 is 1.30 bits per heavy atom. The molecule has 3 unspecified atom stereocenters. The third-order valence-electron chi connectivity index (χ3n) is 8.20. The van der Waals surface area contributed by atoms with Gasteiger partial charge in [0.05, 0.1) is 23.6 Å². The Labute approximate surface area is 232 Å². The summed E-state index contributed by atoms with van der Waals surface area (Å²) in [5.41, 5.74) is -0.508. The van der Waals surface area contributed by atoms with Crippen LogP contribution in [0.15, 0.2) is 30.4 Å². The van der Waals surface area contributed by atoms with E-state index in [1.807, 2.05) is 26.8 Å². The number of hydrogen-bond donors (Lipinski definition) is 1. The van der Waals surface area contributed by atoms with Gasteiger partial charge in [-0.25, -0.2) is 4.79 Å². The summed E-state index contributed by atoms with van der Waals surface area (Å²) in [4.78, 5) is 38.2. The van der Waals surface area contributed by atoms with Crippen LogP contribution in [0.4, 0.5) is 5.69 Å². The third kappa shape index (κ3) is 4.60. The van der Waals surface area contributed by atoms with E-state index in [1.165, 1.54) is 26.2 Å². The molecule has 2 aromatic rings. The predicted octanol–water partition coefficient (Wildman–Crippen LogP) is 5.96. The van der Waals surface area contributed by atoms with Crippen molar-refractivity contribution in [2.75, 3.05) is 7.11 Å². The average Bonchev–Trinajstić information content (AvgIpc) is 3.48. The Morgan fingerprint density at radius 3 is 2.65 bits per heavy atom. The molecule has 1 heterocycles. The van der Waals surface area contributed by atoms with Crippen molar-refractivity contribution in [3.8, 4) is 23.0 Å². The summed E-state index contributed by atoms with van der Waals surface area (Å²) < 4.78 is 23.2. The molecule has 1 fully saturated rings. The second-order valence-corrected chi connectivity index (χ2v) is 11.5. The van der Waals surface area contributed by atoms with Gasteiger partial charge in [0.25, 0.3) is 5.69 Å². The van der Waals surface area contributed by atoms with Crippen LogP contribution in [0.1, 0.15) is 73.2 Å². The highest BCUT2D eigenvalue weighted by atomic mass is 16.6.